The van der Waals surface area contributed by atoms with Gasteiger partial charge < -0.3 is 0 Å². The Morgan fingerprint density at radius 1 is 1.38 bits per heavy atom. The molecule has 0 aromatic heterocycles. The van der Waals surface area contributed by atoms with Crippen molar-refractivity contribution in [3.8, 4) is 0 Å². The topological polar surface area (TPSA) is 51.2 Å². The SMILES string of the molecule is CC(=O)C(C)S(=O)(=O)Cc1cccc(C)c1. The zero-order valence-electron chi connectivity index (χ0n) is 9.73. The normalized spacial score (nSPS) is 13.4. The van der Waals surface area contributed by atoms with Gasteiger partial charge in [0.1, 0.15) is 11.0 Å². The Labute approximate surface area is 96.4 Å². The Morgan fingerprint density at radius 2 is 2.00 bits per heavy atom. The number of aryl methyl sites for hydroxylation is 1. The lowest BCUT2D eigenvalue weighted by Crippen LogP contribution is -2.26. The van der Waals surface area contributed by atoms with Crippen LogP contribution in [0.1, 0.15) is 25.0 Å². The molecule has 1 rings (SSSR count). The van der Waals surface area contributed by atoms with Crippen LogP contribution in [0.2, 0.25) is 0 Å². The van der Waals surface area contributed by atoms with Crippen LogP contribution in [-0.4, -0.2) is 19.5 Å². The monoisotopic (exact) mass is 240 g/mol. The molecule has 0 spiro atoms. The summed E-state index contributed by atoms with van der Waals surface area (Å²) >= 11 is 0. The predicted molar refractivity (Wildman–Crippen MR) is 63.9 cm³/mol. The molecule has 1 unspecified atom stereocenters. The molecule has 0 aliphatic carbocycles. The summed E-state index contributed by atoms with van der Waals surface area (Å²) in [5, 5.41) is -0.923. The van der Waals surface area contributed by atoms with E-state index in [1.807, 2.05) is 25.1 Å². The summed E-state index contributed by atoms with van der Waals surface area (Å²) in [6.45, 7) is 4.65. The molecule has 0 fully saturated rings. The zero-order valence-corrected chi connectivity index (χ0v) is 10.5. The second-order valence-electron chi connectivity index (χ2n) is 4.05. The molecule has 88 valence electrons. The van der Waals surface area contributed by atoms with Gasteiger partial charge in [-0.2, -0.15) is 0 Å². The maximum absolute atomic E-state index is 11.8. The highest BCUT2D eigenvalue weighted by atomic mass is 32.2. The number of carbonyl (C=O) groups is 1. The Morgan fingerprint density at radius 3 is 2.50 bits per heavy atom. The minimum Gasteiger partial charge on any atom is -0.299 e. The van der Waals surface area contributed by atoms with Crippen molar-refractivity contribution in [1.82, 2.24) is 0 Å². The van der Waals surface area contributed by atoms with Crippen LogP contribution in [0.15, 0.2) is 24.3 Å². The fourth-order valence-corrected chi connectivity index (χ4v) is 2.81. The minimum atomic E-state index is -3.38. The van der Waals surface area contributed by atoms with Crippen LogP contribution in [0.3, 0.4) is 0 Å². The number of ketones is 1. The molecule has 3 nitrogen and oxygen atoms in total. The van der Waals surface area contributed by atoms with Crippen molar-refractivity contribution in [1.29, 1.82) is 0 Å². The van der Waals surface area contributed by atoms with Crippen LogP contribution in [0.4, 0.5) is 0 Å². The van der Waals surface area contributed by atoms with Crippen LogP contribution in [0.5, 0.6) is 0 Å². The summed E-state index contributed by atoms with van der Waals surface area (Å²) < 4.78 is 23.7. The molecule has 1 atom stereocenters. The van der Waals surface area contributed by atoms with E-state index in [4.69, 9.17) is 0 Å². The maximum atomic E-state index is 11.8. The van der Waals surface area contributed by atoms with E-state index in [1.54, 1.807) is 6.07 Å². The van der Waals surface area contributed by atoms with Crippen molar-refractivity contribution in [2.24, 2.45) is 0 Å². The molecule has 0 heterocycles. The van der Waals surface area contributed by atoms with Gasteiger partial charge in [0.2, 0.25) is 0 Å². The molecule has 1 aromatic rings. The number of carbonyl (C=O) groups excluding carboxylic acids is 1. The van der Waals surface area contributed by atoms with Gasteiger partial charge in [-0.05, 0) is 26.3 Å². The second-order valence-corrected chi connectivity index (χ2v) is 6.37. The van der Waals surface area contributed by atoms with E-state index in [-0.39, 0.29) is 11.5 Å². The molecule has 16 heavy (non-hydrogen) atoms. The van der Waals surface area contributed by atoms with Crippen molar-refractivity contribution < 1.29 is 13.2 Å². The second kappa shape index (κ2) is 4.78. The van der Waals surface area contributed by atoms with Crippen molar-refractivity contribution in [2.75, 3.05) is 0 Å². The summed E-state index contributed by atoms with van der Waals surface area (Å²) in [6, 6.07) is 7.31. The standard InChI is InChI=1S/C12H16O3S/c1-9-5-4-6-12(7-9)8-16(14,15)11(3)10(2)13/h4-7,11H,8H2,1-3H3. The maximum Gasteiger partial charge on any atom is 0.164 e. The van der Waals surface area contributed by atoms with Gasteiger partial charge in [0.15, 0.2) is 9.84 Å². The molecule has 1 aromatic carbocycles. The smallest absolute Gasteiger partial charge is 0.164 e. The van der Waals surface area contributed by atoms with Crippen LogP contribution in [0.25, 0.3) is 0 Å². The first kappa shape index (κ1) is 12.9. The Kier molecular flexibility index (Phi) is 3.86. The summed E-state index contributed by atoms with van der Waals surface area (Å²) in [4.78, 5) is 11.1. The van der Waals surface area contributed by atoms with E-state index >= 15 is 0 Å². The molecule has 0 bridgehead atoms. The summed E-state index contributed by atoms with van der Waals surface area (Å²) in [6.07, 6.45) is 0. The highest BCUT2D eigenvalue weighted by Gasteiger charge is 2.24. The van der Waals surface area contributed by atoms with Crippen molar-refractivity contribution in [3.63, 3.8) is 0 Å². The average Bonchev–Trinajstić information content (AvgIpc) is 2.15. The van der Waals surface area contributed by atoms with E-state index in [2.05, 4.69) is 0 Å². The predicted octanol–water partition coefficient (Wildman–Crippen LogP) is 1.89. The molecular formula is C12H16O3S. The third-order valence-electron chi connectivity index (χ3n) is 2.56. The van der Waals surface area contributed by atoms with Crippen LogP contribution >= 0.6 is 0 Å². The molecule has 0 aliphatic rings. The van der Waals surface area contributed by atoms with Crippen molar-refractivity contribution in [2.45, 2.75) is 31.8 Å². The molecule has 0 N–H and O–H groups in total. The zero-order chi connectivity index (χ0) is 12.3. The van der Waals surface area contributed by atoms with E-state index in [9.17, 15) is 13.2 Å². The first-order chi connectivity index (χ1) is 7.33. The highest BCUT2D eigenvalue weighted by Crippen LogP contribution is 2.13. The quantitative estimate of drug-likeness (QED) is 0.807. The third-order valence-corrected chi connectivity index (χ3v) is 4.71. The van der Waals surface area contributed by atoms with Gasteiger partial charge in [0.25, 0.3) is 0 Å². The third kappa shape index (κ3) is 3.17. The van der Waals surface area contributed by atoms with Gasteiger partial charge in [-0.15, -0.1) is 0 Å². The van der Waals surface area contributed by atoms with Gasteiger partial charge in [-0.1, -0.05) is 29.8 Å². The molecule has 0 radical (unpaired) electrons. The fraction of sp³-hybridized carbons (Fsp3) is 0.417. The van der Waals surface area contributed by atoms with Crippen LogP contribution in [-0.2, 0) is 20.4 Å². The highest BCUT2D eigenvalue weighted by molar-refractivity contribution is 7.92. The van der Waals surface area contributed by atoms with E-state index < -0.39 is 15.1 Å². The molecule has 4 heteroatoms. The lowest BCUT2D eigenvalue weighted by molar-refractivity contribution is -0.116. The number of sulfone groups is 1. The summed E-state index contributed by atoms with van der Waals surface area (Å²) in [5.74, 6) is -0.386. The van der Waals surface area contributed by atoms with E-state index in [0.29, 0.717) is 0 Å². The van der Waals surface area contributed by atoms with Crippen LogP contribution in [0, 0.1) is 6.92 Å². The van der Waals surface area contributed by atoms with Crippen molar-refractivity contribution >= 4 is 15.6 Å². The van der Waals surface area contributed by atoms with Crippen LogP contribution < -0.4 is 0 Å². The number of benzene rings is 1. The Hall–Kier alpha value is -1.16. The van der Waals surface area contributed by atoms with Gasteiger partial charge in [-0.3, -0.25) is 4.79 Å². The minimum absolute atomic E-state index is 0.0740. The van der Waals surface area contributed by atoms with E-state index in [0.717, 1.165) is 11.1 Å². The lowest BCUT2D eigenvalue weighted by Gasteiger charge is -2.09. The van der Waals surface area contributed by atoms with Gasteiger partial charge in [0, 0.05) is 0 Å². The first-order valence-corrected chi connectivity index (χ1v) is 6.82. The van der Waals surface area contributed by atoms with Crippen molar-refractivity contribution in [3.05, 3.63) is 35.4 Å². The average molecular weight is 240 g/mol. The number of hydrogen-bond acceptors (Lipinski definition) is 3. The largest absolute Gasteiger partial charge is 0.299 e. The summed E-state index contributed by atoms with van der Waals surface area (Å²) in [5.41, 5.74) is 1.75. The Balaban J connectivity index is 2.93. The first-order valence-electron chi connectivity index (χ1n) is 5.10. The number of hydrogen-bond donors (Lipinski definition) is 0. The Bertz CT molecular complexity index is 489. The lowest BCUT2D eigenvalue weighted by atomic mass is 10.2. The fourth-order valence-electron chi connectivity index (χ4n) is 1.41. The molecule has 0 saturated carbocycles. The molecule has 0 saturated heterocycles. The van der Waals surface area contributed by atoms with E-state index in [1.165, 1.54) is 13.8 Å². The van der Waals surface area contributed by atoms with Gasteiger partial charge in [0.05, 0.1) is 5.75 Å². The molecule has 0 amide bonds. The van der Waals surface area contributed by atoms with Gasteiger partial charge >= 0.3 is 0 Å². The van der Waals surface area contributed by atoms with Gasteiger partial charge in [-0.25, -0.2) is 8.42 Å². The molecule has 0 aliphatic heterocycles. The summed E-state index contributed by atoms with van der Waals surface area (Å²) in [7, 11) is -3.38. The molecular weight excluding hydrogens is 224 g/mol. The number of Topliss-reactive ketones (excluding diaryl/α,β-unsaturated/α-hetero) is 1. The number of rotatable bonds is 4.